The molecular formula is C12H13F3N4OS. The number of hydrogen-bond acceptors (Lipinski definition) is 6. The van der Waals surface area contributed by atoms with Gasteiger partial charge < -0.3 is 15.8 Å². The quantitative estimate of drug-likeness (QED) is 0.503. The maximum absolute atomic E-state index is 12.7. The first-order valence-electron chi connectivity index (χ1n) is 5.90. The average Bonchev–Trinajstić information content (AvgIpc) is 2.97. The lowest BCUT2D eigenvalue weighted by atomic mass is 10.2. The Balaban J connectivity index is 2.12. The Hall–Kier alpha value is -1.84. The summed E-state index contributed by atoms with van der Waals surface area (Å²) in [5.74, 6) is 4.97. The van der Waals surface area contributed by atoms with E-state index in [0.717, 1.165) is 12.1 Å². The van der Waals surface area contributed by atoms with Crippen LogP contribution in [0.1, 0.15) is 17.2 Å². The second-order valence-electron chi connectivity index (χ2n) is 4.22. The summed E-state index contributed by atoms with van der Waals surface area (Å²) in [6, 6.07) is 3.41. The Labute approximate surface area is 122 Å². The van der Waals surface area contributed by atoms with Gasteiger partial charge in [0.1, 0.15) is 11.6 Å². The van der Waals surface area contributed by atoms with Crippen molar-refractivity contribution in [1.29, 1.82) is 0 Å². The number of anilines is 2. The minimum atomic E-state index is -4.50. The Bertz CT molecular complexity index is 589. The Kier molecular flexibility index (Phi) is 4.66. The number of nitrogens with zero attached hydrogens (tertiary/aromatic N) is 1. The van der Waals surface area contributed by atoms with Gasteiger partial charge in [-0.3, -0.25) is 0 Å². The molecule has 2 aromatic heterocycles. The van der Waals surface area contributed by atoms with Crippen molar-refractivity contribution in [1.82, 2.24) is 4.98 Å². The van der Waals surface area contributed by atoms with Gasteiger partial charge >= 0.3 is 6.18 Å². The van der Waals surface area contributed by atoms with Crippen LogP contribution >= 0.6 is 11.3 Å². The highest BCUT2D eigenvalue weighted by atomic mass is 32.1. The largest absolute Gasteiger partial charge is 0.416 e. The molecule has 0 aromatic carbocycles. The zero-order chi connectivity index (χ0) is 15.5. The predicted octanol–water partition coefficient (Wildman–Crippen LogP) is 2.59. The molecule has 0 amide bonds. The van der Waals surface area contributed by atoms with E-state index in [0.29, 0.717) is 5.56 Å². The number of aliphatic hydroxyl groups excluding tert-OH is 1. The van der Waals surface area contributed by atoms with Gasteiger partial charge in [-0.1, -0.05) is 0 Å². The van der Waals surface area contributed by atoms with Crippen molar-refractivity contribution in [3.63, 3.8) is 0 Å². The number of hydrazine groups is 1. The van der Waals surface area contributed by atoms with E-state index < -0.39 is 17.8 Å². The van der Waals surface area contributed by atoms with Crippen LogP contribution in [0.2, 0.25) is 0 Å². The van der Waals surface area contributed by atoms with Gasteiger partial charge in [0.25, 0.3) is 0 Å². The minimum Gasteiger partial charge on any atom is -0.387 e. The Morgan fingerprint density at radius 2 is 2.05 bits per heavy atom. The fourth-order valence-corrected chi connectivity index (χ4v) is 2.35. The molecular weight excluding hydrogens is 305 g/mol. The molecule has 0 spiro atoms. The van der Waals surface area contributed by atoms with Gasteiger partial charge in [0, 0.05) is 6.54 Å². The SMILES string of the molecule is NNc1cc(C(F)(F)F)cc(NCC(O)c2ccsc2)n1. The number of thiophene rings is 1. The van der Waals surface area contributed by atoms with E-state index in [2.05, 4.69) is 15.7 Å². The first kappa shape index (κ1) is 15.5. The van der Waals surface area contributed by atoms with E-state index in [4.69, 9.17) is 5.84 Å². The molecule has 5 N–H and O–H groups in total. The second-order valence-corrected chi connectivity index (χ2v) is 5.00. The molecule has 0 bridgehead atoms. The average molecular weight is 318 g/mol. The Morgan fingerprint density at radius 1 is 1.33 bits per heavy atom. The molecule has 0 aliphatic rings. The summed E-state index contributed by atoms with van der Waals surface area (Å²) in [6.45, 7) is 0.0368. The van der Waals surface area contributed by atoms with Crippen molar-refractivity contribution in [2.75, 3.05) is 17.3 Å². The van der Waals surface area contributed by atoms with Crippen molar-refractivity contribution in [3.8, 4) is 0 Å². The van der Waals surface area contributed by atoms with Crippen LogP contribution in [0.15, 0.2) is 29.0 Å². The van der Waals surface area contributed by atoms with E-state index in [1.54, 1.807) is 16.8 Å². The number of halogens is 3. The van der Waals surface area contributed by atoms with Gasteiger partial charge in [0.15, 0.2) is 0 Å². The lowest BCUT2D eigenvalue weighted by Crippen LogP contribution is -2.16. The summed E-state index contributed by atoms with van der Waals surface area (Å²) < 4.78 is 38.2. The summed E-state index contributed by atoms with van der Waals surface area (Å²) in [4.78, 5) is 3.86. The summed E-state index contributed by atoms with van der Waals surface area (Å²) in [7, 11) is 0. The summed E-state index contributed by atoms with van der Waals surface area (Å²) in [5, 5.41) is 16.1. The highest BCUT2D eigenvalue weighted by molar-refractivity contribution is 7.07. The van der Waals surface area contributed by atoms with E-state index in [1.807, 2.05) is 0 Å². The second kappa shape index (κ2) is 6.29. The number of nitrogens with one attached hydrogen (secondary N) is 2. The molecule has 0 aliphatic heterocycles. The van der Waals surface area contributed by atoms with Crippen molar-refractivity contribution >= 4 is 23.0 Å². The third-order valence-electron chi connectivity index (χ3n) is 2.71. The molecule has 1 atom stereocenters. The number of nitrogen functional groups attached to an aromatic ring is 1. The molecule has 9 heteroatoms. The molecule has 21 heavy (non-hydrogen) atoms. The van der Waals surface area contributed by atoms with Crippen LogP contribution in [0.4, 0.5) is 24.8 Å². The summed E-state index contributed by atoms with van der Waals surface area (Å²) in [6.07, 6.45) is -5.33. The van der Waals surface area contributed by atoms with Crippen LogP contribution in [0, 0.1) is 0 Å². The zero-order valence-corrected chi connectivity index (χ0v) is 11.5. The van der Waals surface area contributed by atoms with E-state index in [-0.39, 0.29) is 18.2 Å². The number of nitrogens with two attached hydrogens (primary N) is 1. The molecule has 0 saturated heterocycles. The number of alkyl halides is 3. The van der Waals surface area contributed by atoms with Crippen LogP contribution in [0.25, 0.3) is 0 Å². The standard InChI is InChI=1S/C12H13F3N4OS/c13-12(14,15)8-3-10(18-11(4-8)19-16)17-5-9(20)7-1-2-21-6-7/h1-4,6,9,20H,5,16H2,(H2,17,18,19). The third kappa shape index (κ3) is 4.06. The molecule has 0 fully saturated rings. The molecule has 0 saturated carbocycles. The van der Waals surface area contributed by atoms with E-state index >= 15 is 0 Å². The Morgan fingerprint density at radius 3 is 2.62 bits per heavy atom. The summed E-state index contributed by atoms with van der Waals surface area (Å²) >= 11 is 1.42. The number of aliphatic hydroxyl groups is 1. The molecule has 2 heterocycles. The fourth-order valence-electron chi connectivity index (χ4n) is 1.64. The van der Waals surface area contributed by atoms with Gasteiger partial charge in [0.2, 0.25) is 0 Å². The lowest BCUT2D eigenvalue weighted by molar-refractivity contribution is -0.137. The monoisotopic (exact) mass is 318 g/mol. The maximum atomic E-state index is 12.7. The normalized spacial score (nSPS) is 13.0. The van der Waals surface area contributed by atoms with Crippen LogP contribution in [-0.4, -0.2) is 16.6 Å². The van der Waals surface area contributed by atoms with Crippen molar-refractivity contribution in [2.45, 2.75) is 12.3 Å². The zero-order valence-electron chi connectivity index (χ0n) is 10.7. The van der Waals surface area contributed by atoms with Crippen LogP contribution in [-0.2, 0) is 6.18 Å². The highest BCUT2D eigenvalue weighted by Gasteiger charge is 2.31. The van der Waals surface area contributed by atoms with Crippen molar-refractivity contribution < 1.29 is 18.3 Å². The van der Waals surface area contributed by atoms with E-state index in [9.17, 15) is 18.3 Å². The molecule has 114 valence electrons. The molecule has 2 aromatic rings. The number of hydrogen-bond donors (Lipinski definition) is 4. The smallest absolute Gasteiger partial charge is 0.387 e. The van der Waals surface area contributed by atoms with Gasteiger partial charge in [-0.05, 0) is 34.5 Å². The number of rotatable bonds is 5. The van der Waals surface area contributed by atoms with Gasteiger partial charge in [-0.25, -0.2) is 10.8 Å². The topological polar surface area (TPSA) is 83.2 Å². The van der Waals surface area contributed by atoms with Crippen molar-refractivity contribution in [2.24, 2.45) is 5.84 Å². The first-order chi connectivity index (χ1) is 9.90. The molecule has 0 radical (unpaired) electrons. The third-order valence-corrected chi connectivity index (χ3v) is 3.41. The predicted molar refractivity (Wildman–Crippen MR) is 74.8 cm³/mol. The van der Waals surface area contributed by atoms with Crippen LogP contribution < -0.4 is 16.6 Å². The maximum Gasteiger partial charge on any atom is 0.416 e. The van der Waals surface area contributed by atoms with E-state index in [1.165, 1.54) is 11.3 Å². The molecule has 5 nitrogen and oxygen atoms in total. The first-order valence-corrected chi connectivity index (χ1v) is 6.84. The molecule has 2 rings (SSSR count). The number of aromatic nitrogens is 1. The van der Waals surface area contributed by atoms with Crippen molar-refractivity contribution in [3.05, 3.63) is 40.1 Å². The summed E-state index contributed by atoms with van der Waals surface area (Å²) in [5.41, 5.74) is 1.90. The van der Waals surface area contributed by atoms with Crippen LogP contribution in [0.5, 0.6) is 0 Å². The molecule has 0 aliphatic carbocycles. The van der Waals surface area contributed by atoms with Crippen LogP contribution in [0.3, 0.4) is 0 Å². The number of pyridine rings is 1. The molecule has 1 unspecified atom stereocenters. The lowest BCUT2D eigenvalue weighted by Gasteiger charge is -2.14. The van der Waals surface area contributed by atoms with Gasteiger partial charge in [0.05, 0.1) is 11.7 Å². The fraction of sp³-hybridized carbons (Fsp3) is 0.250. The van der Waals surface area contributed by atoms with Gasteiger partial charge in [-0.2, -0.15) is 24.5 Å². The highest BCUT2D eigenvalue weighted by Crippen LogP contribution is 2.32. The van der Waals surface area contributed by atoms with Gasteiger partial charge in [-0.15, -0.1) is 0 Å². The minimum absolute atomic E-state index is 0.0212.